The van der Waals surface area contributed by atoms with Crippen LogP contribution in [0.5, 0.6) is 0 Å². The van der Waals surface area contributed by atoms with Gasteiger partial charge in [-0.3, -0.25) is 0 Å². The molecular weight excluding hydrogens is 789 g/mol. The van der Waals surface area contributed by atoms with Crippen LogP contribution >= 0.6 is 0 Å². The predicted octanol–water partition coefficient (Wildman–Crippen LogP) is 17.4. The highest BCUT2D eigenvalue weighted by atomic mass is 16.3. The first kappa shape index (κ1) is 37.7. The highest BCUT2D eigenvalue weighted by Gasteiger charge is 2.37. The van der Waals surface area contributed by atoms with Gasteiger partial charge in [-0.2, -0.15) is 0 Å². The summed E-state index contributed by atoms with van der Waals surface area (Å²) < 4.78 is 6.66. The lowest BCUT2D eigenvalue weighted by Gasteiger charge is -2.28. The van der Waals surface area contributed by atoms with Crippen LogP contribution in [0.15, 0.2) is 211 Å². The molecular formula is C62H46N2O. The molecule has 3 heteroatoms. The highest BCUT2D eigenvalue weighted by molar-refractivity contribution is 6.14. The molecule has 0 spiro atoms. The molecule has 3 nitrogen and oxygen atoms in total. The van der Waals surface area contributed by atoms with Gasteiger partial charge in [-0.15, -0.1) is 0 Å². The summed E-state index contributed by atoms with van der Waals surface area (Å²) in [6.07, 6.45) is 0. The van der Waals surface area contributed by atoms with Crippen molar-refractivity contribution in [3.63, 3.8) is 0 Å². The summed E-state index contributed by atoms with van der Waals surface area (Å²) in [5.74, 6) is 0. The molecule has 10 aromatic carbocycles. The quantitative estimate of drug-likeness (QED) is 0.166. The van der Waals surface area contributed by atoms with Crippen molar-refractivity contribution in [2.45, 2.75) is 38.5 Å². The fraction of sp³-hybridized carbons (Fsp3) is 0.0968. The third kappa shape index (κ3) is 5.68. The normalized spacial score (nSPS) is 14.1. The number of hydrogen-bond donors (Lipinski definition) is 0. The predicted molar refractivity (Wildman–Crippen MR) is 273 cm³/mol. The monoisotopic (exact) mass is 834 g/mol. The molecule has 0 saturated carbocycles. The van der Waals surface area contributed by atoms with E-state index in [0.717, 1.165) is 66.8 Å². The van der Waals surface area contributed by atoms with E-state index in [4.69, 9.17) is 4.42 Å². The molecule has 310 valence electrons. The maximum atomic E-state index is 6.66. The van der Waals surface area contributed by atoms with Crippen LogP contribution in [0.3, 0.4) is 0 Å². The molecule has 0 unspecified atom stereocenters. The van der Waals surface area contributed by atoms with Gasteiger partial charge in [-0.25, -0.2) is 0 Å². The van der Waals surface area contributed by atoms with Gasteiger partial charge in [0.25, 0.3) is 0 Å². The van der Waals surface area contributed by atoms with E-state index >= 15 is 0 Å². The van der Waals surface area contributed by atoms with Crippen LogP contribution in [0.25, 0.3) is 65.7 Å². The van der Waals surface area contributed by atoms with Gasteiger partial charge in [0.15, 0.2) is 0 Å². The van der Waals surface area contributed by atoms with Gasteiger partial charge in [0, 0.05) is 55.7 Å². The molecule has 11 aromatic rings. The highest BCUT2D eigenvalue weighted by Crippen LogP contribution is 2.52. The van der Waals surface area contributed by atoms with E-state index in [1.54, 1.807) is 0 Å². The fourth-order valence-electron chi connectivity index (χ4n) is 11.2. The van der Waals surface area contributed by atoms with Gasteiger partial charge in [-0.05, 0) is 163 Å². The average molecular weight is 835 g/mol. The lowest BCUT2D eigenvalue weighted by Crippen LogP contribution is -2.16. The Kier molecular flexibility index (Phi) is 8.00. The van der Waals surface area contributed by atoms with Gasteiger partial charge in [0.05, 0.1) is 0 Å². The Morgan fingerprint density at radius 2 is 0.662 bits per heavy atom. The number of hydrogen-bond acceptors (Lipinski definition) is 3. The zero-order valence-electron chi connectivity index (χ0n) is 36.9. The number of furan rings is 1. The van der Waals surface area contributed by atoms with Crippen molar-refractivity contribution in [2.75, 3.05) is 9.80 Å². The van der Waals surface area contributed by atoms with Gasteiger partial charge < -0.3 is 14.2 Å². The van der Waals surface area contributed by atoms with Gasteiger partial charge in [0.2, 0.25) is 0 Å². The Balaban J connectivity index is 0.924. The van der Waals surface area contributed by atoms with Crippen LogP contribution in [0, 0.1) is 0 Å². The van der Waals surface area contributed by atoms with Crippen LogP contribution in [0.1, 0.15) is 49.9 Å². The molecule has 0 saturated heterocycles. The van der Waals surface area contributed by atoms with Crippen LogP contribution in [-0.4, -0.2) is 0 Å². The summed E-state index contributed by atoms with van der Waals surface area (Å²) >= 11 is 0. The minimum absolute atomic E-state index is 0.0988. The number of benzene rings is 10. The minimum atomic E-state index is -0.0988. The Labute approximate surface area is 379 Å². The van der Waals surface area contributed by atoms with Crippen LogP contribution in [0.2, 0.25) is 0 Å². The average Bonchev–Trinajstić information content (AvgIpc) is 3.88. The summed E-state index contributed by atoms with van der Waals surface area (Å²) in [7, 11) is 0. The SMILES string of the molecule is CC1(C)c2ccccc2-c2ccc(N(c3ccccc3)c3ccc4cc5oc6cc7ccc(N(c8ccccc8)c8ccc9c(c8)C(C)(C)c8ccccc8-9)cc7cc6c5cc4c3)cc21. The van der Waals surface area contributed by atoms with E-state index in [-0.39, 0.29) is 10.8 Å². The van der Waals surface area contributed by atoms with E-state index in [9.17, 15) is 0 Å². The van der Waals surface area contributed by atoms with Crippen molar-refractivity contribution < 1.29 is 4.42 Å². The maximum absolute atomic E-state index is 6.66. The summed E-state index contributed by atoms with van der Waals surface area (Å²) in [6, 6.07) is 75.9. The van der Waals surface area contributed by atoms with Crippen LogP contribution < -0.4 is 9.80 Å². The number of nitrogens with zero attached hydrogens (tertiary/aromatic N) is 2. The van der Waals surface area contributed by atoms with Crippen molar-refractivity contribution in [1.82, 2.24) is 0 Å². The van der Waals surface area contributed by atoms with Crippen molar-refractivity contribution >= 4 is 77.6 Å². The van der Waals surface area contributed by atoms with Gasteiger partial charge in [0.1, 0.15) is 11.2 Å². The Morgan fingerprint density at radius 1 is 0.292 bits per heavy atom. The summed E-state index contributed by atoms with van der Waals surface area (Å²) in [6.45, 7) is 9.40. The molecule has 0 aliphatic heterocycles. The first-order valence-electron chi connectivity index (χ1n) is 22.7. The first-order chi connectivity index (χ1) is 31.7. The second-order valence-corrected chi connectivity index (χ2v) is 19.0. The largest absolute Gasteiger partial charge is 0.456 e. The number of fused-ring (bicyclic) bond motifs is 11. The first-order valence-corrected chi connectivity index (χ1v) is 22.7. The third-order valence-electron chi connectivity index (χ3n) is 14.6. The summed E-state index contributed by atoms with van der Waals surface area (Å²) in [5, 5.41) is 6.84. The van der Waals surface area contributed by atoms with Crippen LogP contribution in [0.4, 0.5) is 34.1 Å². The molecule has 65 heavy (non-hydrogen) atoms. The van der Waals surface area contributed by atoms with E-state index in [2.05, 4.69) is 244 Å². The molecule has 1 aromatic heterocycles. The fourth-order valence-corrected chi connectivity index (χ4v) is 11.2. The second kappa shape index (κ2) is 13.8. The summed E-state index contributed by atoms with van der Waals surface area (Å²) in [5.41, 5.74) is 19.1. The molecule has 0 N–H and O–H groups in total. The molecule has 0 atom stereocenters. The van der Waals surface area contributed by atoms with Crippen molar-refractivity contribution in [3.8, 4) is 22.3 Å². The van der Waals surface area contributed by atoms with E-state index in [1.807, 2.05) is 0 Å². The standard InChI is InChI=1S/C62H46N2O/c1-61(2)55-21-13-11-19-49(55)51-29-27-47(37-57(51)61)63(43-15-7-5-8-16-43)45-25-23-39-35-59-53(33-41(39)31-45)54-34-42-32-46(26-24-40(42)36-60(54)65-59)64(44-17-9-6-10-18-44)48-28-30-52-50-20-12-14-22-56(50)62(3,4)58(52)38-48/h5-38H,1-4H3. The van der Waals surface area contributed by atoms with Crippen molar-refractivity contribution in [1.29, 1.82) is 0 Å². The Morgan fingerprint density at radius 3 is 1.11 bits per heavy atom. The minimum Gasteiger partial charge on any atom is -0.456 e. The summed E-state index contributed by atoms with van der Waals surface area (Å²) in [4.78, 5) is 4.79. The second-order valence-electron chi connectivity index (χ2n) is 19.0. The number of rotatable bonds is 6. The number of anilines is 6. The van der Waals surface area contributed by atoms with Gasteiger partial charge >= 0.3 is 0 Å². The van der Waals surface area contributed by atoms with Crippen LogP contribution in [-0.2, 0) is 10.8 Å². The maximum Gasteiger partial charge on any atom is 0.136 e. The van der Waals surface area contributed by atoms with Gasteiger partial charge in [-0.1, -0.05) is 137 Å². The lowest BCUT2D eigenvalue weighted by atomic mass is 9.82. The molecule has 1 heterocycles. The third-order valence-corrected chi connectivity index (χ3v) is 14.6. The molecule has 2 aliphatic rings. The smallest absolute Gasteiger partial charge is 0.136 e. The Bertz CT molecular complexity index is 3480. The van der Waals surface area contributed by atoms with E-state index in [0.29, 0.717) is 0 Å². The van der Waals surface area contributed by atoms with E-state index < -0.39 is 0 Å². The zero-order chi connectivity index (χ0) is 43.6. The van der Waals surface area contributed by atoms with Crippen molar-refractivity contribution in [3.05, 3.63) is 229 Å². The molecule has 0 amide bonds. The molecule has 2 aliphatic carbocycles. The molecule has 0 fully saturated rings. The lowest BCUT2D eigenvalue weighted by molar-refractivity contribution is 0.660. The van der Waals surface area contributed by atoms with E-state index in [1.165, 1.54) is 55.3 Å². The zero-order valence-corrected chi connectivity index (χ0v) is 36.9. The Hall–Kier alpha value is -7.88. The number of para-hydroxylation sites is 2. The molecule has 0 radical (unpaired) electrons. The molecule has 0 bridgehead atoms. The topological polar surface area (TPSA) is 19.6 Å². The molecule has 13 rings (SSSR count). The van der Waals surface area contributed by atoms with Crippen molar-refractivity contribution in [2.24, 2.45) is 0 Å².